The number of ketones is 1. The Hall–Kier alpha value is 0.0200. The molecule has 1 atom stereocenters. The van der Waals surface area contributed by atoms with Gasteiger partial charge in [0, 0.05) is 11.7 Å². The Morgan fingerprint density at radius 1 is 1.56 bits per heavy atom. The molecule has 0 aliphatic heterocycles. The maximum absolute atomic E-state index is 10.5. The van der Waals surface area contributed by atoms with Crippen molar-refractivity contribution in [1.29, 1.82) is 0 Å². The zero-order valence-corrected chi connectivity index (χ0v) is 7.11. The van der Waals surface area contributed by atoms with E-state index in [2.05, 4.69) is 26.5 Å². The van der Waals surface area contributed by atoms with Gasteiger partial charge in [-0.15, -0.1) is 0 Å². The summed E-state index contributed by atoms with van der Waals surface area (Å²) < 4.78 is 0. The lowest BCUT2D eigenvalue weighted by Crippen LogP contribution is -2.11. The Labute approximate surface area is 62.2 Å². The van der Waals surface area contributed by atoms with Crippen molar-refractivity contribution in [2.24, 2.45) is 5.92 Å². The van der Waals surface area contributed by atoms with Crippen molar-refractivity contribution < 1.29 is 4.79 Å². The number of carbonyl (C=O) groups is 1. The van der Waals surface area contributed by atoms with Crippen molar-refractivity contribution in [3.63, 3.8) is 0 Å². The van der Waals surface area contributed by atoms with E-state index < -0.39 is 0 Å². The predicted molar refractivity (Wildman–Crippen MR) is 42.9 cm³/mol. The lowest BCUT2D eigenvalue weighted by atomic mass is 10.1. The topological polar surface area (TPSA) is 17.1 Å². The van der Waals surface area contributed by atoms with Gasteiger partial charge in [0.25, 0.3) is 0 Å². The van der Waals surface area contributed by atoms with E-state index in [-0.39, 0.29) is 11.0 Å². The van der Waals surface area contributed by atoms with Gasteiger partial charge < -0.3 is 0 Å². The SMILES string of the molecule is CC(=O)CC(S)C(C)C. The van der Waals surface area contributed by atoms with Gasteiger partial charge in [0.2, 0.25) is 0 Å². The zero-order valence-electron chi connectivity index (χ0n) is 6.22. The van der Waals surface area contributed by atoms with Gasteiger partial charge in [0.05, 0.1) is 0 Å². The Balaban J connectivity index is 3.50. The van der Waals surface area contributed by atoms with Crippen LogP contribution in [-0.2, 0) is 4.79 Å². The molecule has 0 aromatic heterocycles. The first kappa shape index (κ1) is 9.02. The van der Waals surface area contributed by atoms with E-state index in [9.17, 15) is 4.79 Å². The smallest absolute Gasteiger partial charge is 0.130 e. The minimum atomic E-state index is 0.226. The predicted octanol–water partition coefficient (Wildman–Crippen LogP) is 1.92. The van der Waals surface area contributed by atoms with Gasteiger partial charge in [-0.1, -0.05) is 13.8 Å². The highest BCUT2D eigenvalue weighted by Gasteiger charge is 2.09. The largest absolute Gasteiger partial charge is 0.300 e. The molecule has 0 saturated heterocycles. The molecule has 0 spiro atoms. The van der Waals surface area contributed by atoms with Crippen molar-refractivity contribution in [3.8, 4) is 0 Å². The van der Waals surface area contributed by atoms with Crippen molar-refractivity contribution in [2.75, 3.05) is 0 Å². The molecule has 0 saturated carbocycles. The third-order valence-corrected chi connectivity index (χ3v) is 2.05. The highest BCUT2D eigenvalue weighted by molar-refractivity contribution is 7.81. The Bertz CT molecular complexity index is 99.1. The molecule has 2 heteroatoms. The number of rotatable bonds is 3. The van der Waals surface area contributed by atoms with Gasteiger partial charge in [0.1, 0.15) is 5.78 Å². The molecule has 0 bridgehead atoms. The lowest BCUT2D eigenvalue weighted by Gasteiger charge is -2.11. The molecule has 0 rings (SSSR count). The molecule has 0 aliphatic carbocycles. The summed E-state index contributed by atoms with van der Waals surface area (Å²) in [5.41, 5.74) is 0. The second kappa shape index (κ2) is 3.94. The molecule has 0 amide bonds. The highest BCUT2D eigenvalue weighted by atomic mass is 32.1. The summed E-state index contributed by atoms with van der Waals surface area (Å²) in [6.45, 7) is 5.74. The lowest BCUT2D eigenvalue weighted by molar-refractivity contribution is -0.117. The molecule has 0 fully saturated rings. The summed E-state index contributed by atoms with van der Waals surface area (Å²) in [7, 11) is 0. The van der Waals surface area contributed by atoms with Gasteiger partial charge >= 0.3 is 0 Å². The first-order valence-electron chi connectivity index (χ1n) is 3.21. The summed E-state index contributed by atoms with van der Waals surface area (Å²) in [5.74, 6) is 0.723. The van der Waals surface area contributed by atoms with E-state index >= 15 is 0 Å². The van der Waals surface area contributed by atoms with Gasteiger partial charge in [-0.3, -0.25) is 4.79 Å². The Morgan fingerprint density at radius 3 is 2.11 bits per heavy atom. The summed E-state index contributed by atoms with van der Waals surface area (Å²) >= 11 is 4.24. The second-order valence-corrected chi connectivity index (χ2v) is 3.38. The number of carbonyl (C=O) groups excluding carboxylic acids is 1. The number of thiol groups is 1. The monoisotopic (exact) mass is 146 g/mol. The molecule has 0 heterocycles. The third-order valence-electron chi connectivity index (χ3n) is 1.27. The molecule has 0 aromatic carbocycles. The molecule has 0 aliphatic rings. The van der Waals surface area contributed by atoms with Crippen LogP contribution in [0.5, 0.6) is 0 Å². The molecule has 0 N–H and O–H groups in total. The van der Waals surface area contributed by atoms with Crippen LogP contribution < -0.4 is 0 Å². The van der Waals surface area contributed by atoms with Crippen molar-refractivity contribution >= 4 is 18.4 Å². The van der Waals surface area contributed by atoms with Crippen LogP contribution in [0.4, 0.5) is 0 Å². The third kappa shape index (κ3) is 4.52. The van der Waals surface area contributed by atoms with Crippen molar-refractivity contribution in [3.05, 3.63) is 0 Å². The summed E-state index contributed by atoms with van der Waals surface area (Å²) in [4.78, 5) is 10.5. The Kier molecular flexibility index (Phi) is 3.95. The summed E-state index contributed by atoms with van der Waals surface area (Å²) in [5, 5.41) is 0.238. The number of hydrogen-bond acceptors (Lipinski definition) is 2. The van der Waals surface area contributed by atoms with E-state index in [1.54, 1.807) is 6.92 Å². The fourth-order valence-corrected chi connectivity index (χ4v) is 0.787. The van der Waals surface area contributed by atoms with E-state index in [4.69, 9.17) is 0 Å². The van der Waals surface area contributed by atoms with Crippen molar-refractivity contribution in [2.45, 2.75) is 32.4 Å². The van der Waals surface area contributed by atoms with Crippen LogP contribution in [0, 0.1) is 5.92 Å². The summed E-state index contributed by atoms with van der Waals surface area (Å²) in [6.07, 6.45) is 0.598. The van der Waals surface area contributed by atoms with Crippen LogP contribution in [0.25, 0.3) is 0 Å². The average Bonchev–Trinajstić information content (AvgIpc) is 1.63. The molecular formula is C7H14OS. The zero-order chi connectivity index (χ0) is 7.44. The maximum Gasteiger partial charge on any atom is 0.130 e. The molecule has 9 heavy (non-hydrogen) atoms. The molecule has 1 nitrogen and oxygen atoms in total. The molecule has 0 radical (unpaired) electrons. The average molecular weight is 146 g/mol. The molecule has 1 unspecified atom stereocenters. The number of Topliss-reactive ketones (excluding diaryl/α,β-unsaturated/α-hetero) is 1. The maximum atomic E-state index is 10.5. The number of hydrogen-bond donors (Lipinski definition) is 1. The van der Waals surface area contributed by atoms with Gasteiger partial charge in [-0.25, -0.2) is 0 Å². The minimum Gasteiger partial charge on any atom is -0.300 e. The van der Waals surface area contributed by atoms with E-state index in [1.807, 2.05) is 0 Å². The van der Waals surface area contributed by atoms with Crippen molar-refractivity contribution in [1.82, 2.24) is 0 Å². The second-order valence-electron chi connectivity index (χ2n) is 2.72. The van der Waals surface area contributed by atoms with E-state index in [1.165, 1.54) is 0 Å². The van der Waals surface area contributed by atoms with Gasteiger partial charge in [-0.2, -0.15) is 12.6 Å². The highest BCUT2D eigenvalue weighted by Crippen LogP contribution is 2.12. The fraction of sp³-hybridized carbons (Fsp3) is 0.857. The van der Waals surface area contributed by atoms with Crippen LogP contribution in [0.15, 0.2) is 0 Å². The quantitative estimate of drug-likeness (QED) is 0.602. The van der Waals surface area contributed by atoms with Crippen LogP contribution in [-0.4, -0.2) is 11.0 Å². The summed E-state index contributed by atoms with van der Waals surface area (Å²) in [6, 6.07) is 0. The minimum absolute atomic E-state index is 0.226. The van der Waals surface area contributed by atoms with Crippen LogP contribution in [0.2, 0.25) is 0 Å². The van der Waals surface area contributed by atoms with Crippen LogP contribution >= 0.6 is 12.6 Å². The van der Waals surface area contributed by atoms with Gasteiger partial charge in [-0.05, 0) is 12.8 Å². The first-order valence-corrected chi connectivity index (χ1v) is 3.73. The van der Waals surface area contributed by atoms with Crippen LogP contribution in [0.1, 0.15) is 27.2 Å². The molecule has 0 aromatic rings. The molecular weight excluding hydrogens is 132 g/mol. The van der Waals surface area contributed by atoms with Crippen LogP contribution in [0.3, 0.4) is 0 Å². The Morgan fingerprint density at radius 2 is 2.00 bits per heavy atom. The standard InChI is InChI=1S/C7H14OS/c1-5(2)7(9)4-6(3)8/h5,7,9H,4H2,1-3H3. The van der Waals surface area contributed by atoms with E-state index in [0.29, 0.717) is 12.3 Å². The normalized spacial score (nSPS) is 13.9. The fourth-order valence-electron chi connectivity index (χ4n) is 0.530. The van der Waals surface area contributed by atoms with E-state index in [0.717, 1.165) is 0 Å². The van der Waals surface area contributed by atoms with Gasteiger partial charge in [0.15, 0.2) is 0 Å². The molecule has 54 valence electrons. The first-order chi connectivity index (χ1) is 4.04.